The first-order valence-corrected chi connectivity index (χ1v) is 9.17. The van der Waals surface area contributed by atoms with E-state index in [4.69, 9.17) is 16.3 Å². The first-order chi connectivity index (χ1) is 12.7. The van der Waals surface area contributed by atoms with Crippen molar-refractivity contribution in [2.45, 2.75) is 45.8 Å². The summed E-state index contributed by atoms with van der Waals surface area (Å²) in [6, 6.07) is 7.12. The summed E-state index contributed by atoms with van der Waals surface area (Å²) in [6.45, 7) is 6.39. The van der Waals surface area contributed by atoms with E-state index in [1.54, 1.807) is 17.0 Å². The molecule has 2 aromatic rings. The average molecular weight is 391 g/mol. The second kappa shape index (κ2) is 7.60. The smallest absolute Gasteiger partial charge is 0.410 e. The van der Waals surface area contributed by atoms with Crippen molar-refractivity contribution in [1.29, 1.82) is 0 Å². The Morgan fingerprint density at radius 1 is 1.30 bits per heavy atom. The number of hydrogen-bond acceptors (Lipinski definition) is 4. The van der Waals surface area contributed by atoms with Crippen molar-refractivity contribution in [3.63, 3.8) is 0 Å². The Bertz CT molecular complexity index is 840. The van der Waals surface area contributed by atoms with Crippen molar-refractivity contribution in [1.82, 2.24) is 15.1 Å². The highest BCUT2D eigenvalue weighted by molar-refractivity contribution is 6.30. The minimum Gasteiger partial charge on any atom is -0.444 e. The minimum atomic E-state index is -0.552. The first-order valence-electron chi connectivity index (χ1n) is 8.79. The van der Waals surface area contributed by atoms with E-state index in [-0.39, 0.29) is 18.4 Å². The van der Waals surface area contributed by atoms with Gasteiger partial charge in [0.15, 0.2) is 5.82 Å². The summed E-state index contributed by atoms with van der Waals surface area (Å²) < 4.78 is 5.44. The fourth-order valence-corrected chi connectivity index (χ4v) is 2.97. The van der Waals surface area contributed by atoms with Gasteiger partial charge in [-0.3, -0.25) is 9.89 Å². The molecule has 1 aliphatic heterocycles. The van der Waals surface area contributed by atoms with Gasteiger partial charge in [0.1, 0.15) is 5.60 Å². The number of rotatable bonds is 3. The molecular formula is C19H23ClN4O3. The second-order valence-corrected chi connectivity index (χ2v) is 7.97. The first kappa shape index (κ1) is 19.2. The fourth-order valence-electron chi connectivity index (χ4n) is 2.84. The molecule has 0 saturated heterocycles. The molecule has 0 atom stereocenters. The number of fused-ring (bicyclic) bond motifs is 1. The van der Waals surface area contributed by atoms with Crippen LogP contribution in [0, 0.1) is 0 Å². The zero-order valence-electron chi connectivity index (χ0n) is 15.6. The number of aromatic nitrogens is 2. The second-order valence-electron chi connectivity index (χ2n) is 7.53. The molecule has 1 aromatic heterocycles. The van der Waals surface area contributed by atoms with E-state index in [2.05, 4.69) is 15.5 Å². The summed E-state index contributed by atoms with van der Waals surface area (Å²) in [7, 11) is 0. The number of carbonyl (C=O) groups is 2. The van der Waals surface area contributed by atoms with Gasteiger partial charge in [0.2, 0.25) is 5.91 Å². The molecule has 0 saturated carbocycles. The summed E-state index contributed by atoms with van der Waals surface area (Å²) >= 11 is 5.86. The van der Waals surface area contributed by atoms with E-state index in [1.165, 1.54) is 0 Å². The molecule has 0 spiro atoms. The lowest BCUT2D eigenvalue weighted by molar-refractivity contribution is -0.115. The maximum Gasteiger partial charge on any atom is 0.410 e. The van der Waals surface area contributed by atoms with E-state index in [0.717, 1.165) is 16.8 Å². The number of halogens is 1. The largest absolute Gasteiger partial charge is 0.444 e. The van der Waals surface area contributed by atoms with Crippen LogP contribution in [0.4, 0.5) is 10.6 Å². The van der Waals surface area contributed by atoms with Crippen LogP contribution in [0.25, 0.3) is 0 Å². The van der Waals surface area contributed by atoms with Crippen LogP contribution in [0.1, 0.15) is 37.6 Å². The zero-order chi connectivity index (χ0) is 19.6. The van der Waals surface area contributed by atoms with Crippen molar-refractivity contribution in [2.24, 2.45) is 0 Å². The van der Waals surface area contributed by atoms with Gasteiger partial charge in [-0.2, -0.15) is 5.10 Å². The Labute approximate surface area is 163 Å². The normalized spacial score (nSPS) is 13.9. The predicted molar refractivity (Wildman–Crippen MR) is 103 cm³/mol. The van der Waals surface area contributed by atoms with Crippen LogP contribution < -0.4 is 5.32 Å². The number of nitrogens with zero attached hydrogens (tertiary/aromatic N) is 2. The zero-order valence-corrected chi connectivity index (χ0v) is 16.4. The molecule has 144 valence electrons. The third-order valence-corrected chi connectivity index (χ3v) is 4.37. The van der Waals surface area contributed by atoms with Gasteiger partial charge in [0.25, 0.3) is 0 Å². The molecule has 0 aliphatic carbocycles. The van der Waals surface area contributed by atoms with Gasteiger partial charge in [-0.05, 0) is 38.5 Å². The monoisotopic (exact) mass is 390 g/mol. The van der Waals surface area contributed by atoms with Crippen LogP contribution in [0.5, 0.6) is 0 Å². The topological polar surface area (TPSA) is 87.3 Å². The van der Waals surface area contributed by atoms with Gasteiger partial charge in [-0.15, -0.1) is 0 Å². The molecular weight excluding hydrogens is 368 g/mol. The average Bonchev–Trinajstić information content (AvgIpc) is 2.97. The van der Waals surface area contributed by atoms with Crippen LogP contribution in [0.3, 0.4) is 0 Å². The standard InChI is InChI=1S/C19H23ClN4O3/c1-19(2,3)27-18(26)24-9-8-15-14(11-24)17(23-22-15)21-16(25)10-12-4-6-13(20)7-5-12/h4-7H,8-11H2,1-3H3,(H2,21,22,23,25). The molecule has 1 aromatic carbocycles. The van der Waals surface area contributed by atoms with Gasteiger partial charge in [0.05, 0.1) is 13.0 Å². The van der Waals surface area contributed by atoms with E-state index in [9.17, 15) is 9.59 Å². The summed E-state index contributed by atoms with van der Waals surface area (Å²) in [5.41, 5.74) is 2.05. The number of amides is 2. The molecule has 8 heteroatoms. The van der Waals surface area contributed by atoms with Gasteiger partial charge in [-0.1, -0.05) is 23.7 Å². The number of benzene rings is 1. The Kier molecular flexibility index (Phi) is 5.41. The maximum atomic E-state index is 12.4. The van der Waals surface area contributed by atoms with Gasteiger partial charge in [0, 0.05) is 29.2 Å². The summed E-state index contributed by atoms with van der Waals surface area (Å²) in [5.74, 6) is 0.276. The van der Waals surface area contributed by atoms with Crippen LogP contribution >= 0.6 is 11.6 Å². The fraction of sp³-hybridized carbons (Fsp3) is 0.421. The van der Waals surface area contributed by atoms with Crippen molar-refractivity contribution in [3.05, 3.63) is 46.1 Å². The van der Waals surface area contributed by atoms with E-state index in [1.807, 2.05) is 32.9 Å². The lowest BCUT2D eigenvalue weighted by atomic mass is 10.1. The maximum absolute atomic E-state index is 12.4. The van der Waals surface area contributed by atoms with Crippen molar-refractivity contribution in [2.75, 3.05) is 11.9 Å². The molecule has 7 nitrogen and oxygen atoms in total. The third-order valence-electron chi connectivity index (χ3n) is 4.12. The Hall–Kier alpha value is -2.54. The SMILES string of the molecule is CC(C)(C)OC(=O)N1CCc2[nH]nc(NC(=O)Cc3ccc(Cl)cc3)c2C1. The molecule has 27 heavy (non-hydrogen) atoms. The number of nitrogens with one attached hydrogen (secondary N) is 2. The van der Waals surface area contributed by atoms with Crippen molar-refractivity contribution >= 4 is 29.4 Å². The lowest BCUT2D eigenvalue weighted by Gasteiger charge is -2.30. The predicted octanol–water partition coefficient (Wildman–Crippen LogP) is 3.54. The third kappa shape index (κ3) is 5.01. The highest BCUT2D eigenvalue weighted by atomic mass is 35.5. The van der Waals surface area contributed by atoms with Crippen molar-refractivity contribution in [3.8, 4) is 0 Å². The summed E-state index contributed by atoms with van der Waals surface area (Å²) in [6.07, 6.45) is 0.483. The van der Waals surface area contributed by atoms with Crippen LogP contribution in [-0.4, -0.2) is 39.2 Å². The molecule has 0 radical (unpaired) electrons. The molecule has 2 N–H and O–H groups in total. The number of hydrogen-bond donors (Lipinski definition) is 2. The summed E-state index contributed by atoms with van der Waals surface area (Å²) in [5, 5.41) is 10.6. The van der Waals surface area contributed by atoms with Gasteiger partial charge in [-0.25, -0.2) is 4.79 Å². The highest BCUT2D eigenvalue weighted by Crippen LogP contribution is 2.25. The molecule has 0 bridgehead atoms. The van der Waals surface area contributed by atoms with E-state index >= 15 is 0 Å². The molecule has 0 fully saturated rings. The molecule has 2 heterocycles. The molecule has 1 aliphatic rings. The van der Waals surface area contributed by atoms with E-state index in [0.29, 0.717) is 30.4 Å². The Balaban J connectivity index is 1.66. The van der Waals surface area contributed by atoms with Crippen LogP contribution in [0.2, 0.25) is 5.02 Å². The van der Waals surface area contributed by atoms with Crippen molar-refractivity contribution < 1.29 is 14.3 Å². The number of H-pyrrole nitrogens is 1. The summed E-state index contributed by atoms with van der Waals surface area (Å²) in [4.78, 5) is 26.3. The number of anilines is 1. The van der Waals surface area contributed by atoms with Crippen LogP contribution in [0.15, 0.2) is 24.3 Å². The Morgan fingerprint density at radius 3 is 2.67 bits per heavy atom. The van der Waals surface area contributed by atoms with Gasteiger partial charge < -0.3 is 15.0 Å². The highest BCUT2D eigenvalue weighted by Gasteiger charge is 2.29. The minimum absolute atomic E-state index is 0.180. The quantitative estimate of drug-likeness (QED) is 0.839. The lowest BCUT2D eigenvalue weighted by Crippen LogP contribution is -2.40. The number of carbonyl (C=O) groups excluding carboxylic acids is 2. The molecule has 2 amide bonds. The molecule has 3 rings (SSSR count). The van der Waals surface area contributed by atoms with Crippen LogP contribution in [-0.2, 0) is 28.9 Å². The number of ether oxygens (including phenoxy) is 1. The molecule has 0 unspecified atom stereocenters. The number of aromatic amines is 1. The van der Waals surface area contributed by atoms with Gasteiger partial charge >= 0.3 is 6.09 Å². The van der Waals surface area contributed by atoms with E-state index < -0.39 is 5.60 Å². The Morgan fingerprint density at radius 2 is 2.00 bits per heavy atom.